The van der Waals surface area contributed by atoms with Gasteiger partial charge in [-0.2, -0.15) is 5.10 Å². The minimum Gasteiger partial charge on any atom is -0.330 e. The summed E-state index contributed by atoms with van der Waals surface area (Å²) in [4.78, 5) is 2.59. The van der Waals surface area contributed by atoms with E-state index < -0.39 is 0 Å². The fourth-order valence-corrected chi connectivity index (χ4v) is 3.53. The van der Waals surface area contributed by atoms with Gasteiger partial charge < -0.3 is 5.73 Å². The number of nitrogens with two attached hydrogens (primary N) is 1. The van der Waals surface area contributed by atoms with Crippen LogP contribution in [-0.4, -0.2) is 33.8 Å². The molecule has 2 heterocycles. The third-order valence-electron chi connectivity index (χ3n) is 4.64. The van der Waals surface area contributed by atoms with Gasteiger partial charge in [-0.05, 0) is 45.3 Å². The number of aromatic nitrogens is 2. The van der Waals surface area contributed by atoms with Crippen LogP contribution in [0.3, 0.4) is 0 Å². The highest BCUT2D eigenvalue weighted by atomic mass is 15.3. The second-order valence-corrected chi connectivity index (χ2v) is 5.98. The molecule has 2 aromatic rings. The second-order valence-electron chi connectivity index (χ2n) is 5.98. The summed E-state index contributed by atoms with van der Waals surface area (Å²) in [5.74, 6) is 0. The van der Waals surface area contributed by atoms with E-state index in [2.05, 4.69) is 40.8 Å². The molecule has 0 spiro atoms. The molecule has 4 nitrogen and oxygen atoms in total. The Labute approximate surface area is 126 Å². The van der Waals surface area contributed by atoms with Crippen molar-refractivity contribution < 1.29 is 0 Å². The predicted molar refractivity (Wildman–Crippen MR) is 87.1 cm³/mol. The topological polar surface area (TPSA) is 47.1 Å². The van der Waals surface area contributed by atoms with Crippen LogP contribution in [0.4, 0.5) is 0 Å². The van der Waals surface area contributed by atoms with Gasteiger partial charge in [0.2, 0.25) is 0 Å². The number of nitrogens with zero attached hydrogens (tertiary/aromatic N) is 3. The van der Waals surface area contributed by atoms with E-state index in [0.717, 1.165) is 26.1 Å². The van der Waals surface area contributed by atoms with Gasteiger partial charge in [-0.3, -0.25) is 9.58 Å². The SMILES string of the molecule is CCn1nc(CN2CCCCC2CCN)c2ccccc21. The van der Waals surface area contributed by atoms with Crippen molar-refractivity contribution in [1.82, 2.24) is 14.7 Å². The number of piperidine rings is 1. The van der Waals surface area contributed by atoms with E-state index in [0.29, 0.717) is 6.04 Å². The highest BCUT2D eigenvalue weighted by Crippen LogP contribution is 2.25. The van der Waals surface area contributed by atoms with Gasteiger partial charge in [0, 0.05) is 24.5 Å². The number of aryl methyl sites for hydroxylation is 1. The summed E-state index contributed by atoms with van der Waals surface area (Å²) >= 11 is 0. The molecule has 114 valence electrons. The first kappa shape index (κ1) is 14.5. The fourth-order valence-electron chi connectivity index (χ4n) is 3.53. The van der Waals surface area contributed by atoms with E-state index in [-0.39, 0.29) is 0 Å². The van der Waals surface area contributed by atoms with Crippen LogP contribution in [0.2, 0.25) is 0 Å². The van der Waals surface area contributed by atoms with Crippen molar-refractivity contribution in [3.8, 4) is 0 Å². The van der Waals surface area contributed by atoms with Crippen LogP contribution >= 0.6 is 0 Å². The van der Waals surface area contributed by atoms with Crippen molar-refractivity contribution in [3.05, 3.63) is 30.0 Å². The van der Waals surface area contributed by atoms with Gasteiger partial charge in [0.1, 0.15) is 0 Å². The molecule has 1 saturated heterocycles. The van der Waals surface area contributed by atoms with E-state index in [1.807, 2.05) is 0 Å². The molecule has 2 N–H and O–H groups in total. The molecule has 1 aromatic carbocycles. The Morgan fingerprint density at radius 2 is 2.14 bits per heavy atom. The summed E-state index contributed by atoms with van der Waals surface area (Å²) in [6.45, 7) is 6.00. The quantitative estimate of drug-likeness (QED) is 0.919. The number of fused-ring (bicyclic) bond motifs is 1. The van der Waals surface area contributed by atoms with Gasteiger partial charge in [0.25, 0.3) is 0 Å². The molecule has 1 atom stereocenters. The van der Waals surface area contributed by atoms with Crippen molar-refractivity contribution in [2.75, 3.05) is 13.1 Å². The molecule has 0 radical (unpaired) electrons. The van der Waals surface area contributed by atoms with Crippen molar-refractivity contribution in [2.45, 2.75) is 51.7 Å². The molecule has 4 heteroatoms. The van der Waals surface area contributed by atoms with E-state index in [9.17, 15) is 0 Å². The van der Waals surface area contributed by atoms with E-state index in [1.165, 1.54) is 42.4 Å². The number of hydrogen-bond acceptors (Lipinski definition) is 3. The lowest BCUT2D eigenvalue weighted by atomic mass is 9.99. The van der Waals surface area contributed by atoms with Crippen LogP contribution in [0.15, 0.2) is 24.3 Å². The smallest absolute Gasteiger partial charge is 0.0843 e. The van der Waals surface area contributed by atoms with Crippen molar-refractivity contribution in [2.24, 2.45) is 5.73 Å². The number of rotatable bonds is 5. The zero-order chi connectivity index (χ0) is 14.7. The average Bonchev–Trinajstić information content (AvgIpc) is 2.88. The molecule has 0 amide bonds. The molecule has 21 heavy (non-hydrogen) atoms. The third kappa shape index (κ3) is 2.97. The van der Waals surface area contributed by atoms with Gasteiger partial charge in [-0.1, -0.05) is 24.6 Å². The molecule has 1 aliphatic rings. The molecular formula is C17H26N4. The van der Waals surface area contributed by atoms with E-state index >= 15 is 0 Å². The molecule has 1 fully saturated rings. The van der Waals surface area contributed by atoms with Gasteiger partial charge in [0.15, 0.2) is 0 Å². The molecule has 1 aromatic heterocycles. The number of benzene rings is 1. The largest absolute Gasteiger partial charge is 0.330 e. The Kier molecular flexibility index (Phi) is 4.56. The maximum atomic E-state index is 5.78. The van der Waals surface area contributed by atoms with Crippen molar-refractivity contribution >= 4 is 10.9 Å². The Morgan fingerprint density at radius 1 is 1.29 bits per heavy atom. The summed E-state index contributed by atoms with van der Waals surface area (Å²) in [6, 6.07) is 9.21. The molecule has 0 saturated carbocycles. The van der Waals surface area contributed by atoms with Gasteiger partial charge in [-0.25, -0.2) is 0 Å². The summed E-state index contributed by atoms with van der Waals surface area (Å²) in [5.41, 5.74) is 8.26. The van der Waals surface area contributed by atoms with Gasteiger partial charge >= 0.3 is 0 Å². The highest BCUT2D eigenvalue weighted by Gasteiger charge is 2.23. The van der Waals surface area contributed by atoms with Gasteiger partial charge in [-0.15, -0.1) is 0 Å². The number of para-hydroxylation sites is 1. The summed E-state index contributed by atoms with van der Waals surface area (Å²) < 4.78 is 2.12. The summed E-state index contributed by atoms with van der Waals surface area (Å²) in [7, 11) is 0. The third-order valence-corrected chi connectivity index (χ3v) is 4.64. The monoisotopic (exact) mass is 286 g/mol. The normalized spacial score (nSPS) is 20.2. The minimum atomic E-state index is 0.634. The zero-order valence-corrected chi connectivity index (χ0v) is 13.0. The lowest BCUT2D eigenvalue weighted by Gasteiger charge is -2.35. The van der Waals surface area contributed by atoms with Crippen LogP contribution in [0.25, 0.3) is 10.9 Å². The van der Waals surface area contributed by atoms with E-state index in [4.69, 9.17) is 10.8 Å². The van der Waals surface area contributed by atoms with Gasteiger partial charge in [0.05, 0.1) is 11.2 Å². The van der Waals surface area contributed by atoms with Crippen molar-refractivity contribution in [1.29, 1.82) is 0 Å². The van der Waals surface area contributed by atoms with Crippen molar-refractivity contribution in [3.63, 3.8) is 0 Å². The molecule has 3 rings (SSSR count). The number of likely N-dealkylation sites (tertiary alicyclic amines) is 1. The lowest BCUT2D eigenvalue weighted by Crippen LogP contribution is -2.40. The molecule has 0 bridgehead atoms. The Morgan fingerprint density at radius 3 is 2.95 bits per heavy atom. The molecule has 0 aliphatic carbocycles. The fraction of sp³-hybridized carbons (Fsp3) is 0.588. The first-order valence-electron chi connectivity index (χ1n) is 8.22. The van der Waals surface area contributed by atoms with Crippen LogP contribution < -0.4 is 5.73 Å². The van der Waals surface area contributed by atoms with E-state index in [1.54, 1.807) is 0 Å². The van der Waals surface area contributed by atoms with Crippen LogP contribution in [0.5, 0.6) is 0 Å². The first-order valence-corrected chi connectivity index (χ1v) is 8.22. The first-order chi connectivity index (χ1) is 10.3. The highest BCUT2D eigenvalue weighted by molar-refractivity contribution is 5.81. The minimum absolute atomic E-state index is 0.634. The maximum absolute atomic E-state index is 5.78. The molecular weight excluding hydrogens is 260 g/mol. The Hall–Kier alpha value is -1.39. The average molecular weight is 286 g/mol. The summed E-state index contributed by atoms with van der Waals surface area (Å²) in [6.07, 6.45) is 5.02. The maximum Gasteiger partial charge on any atom is 0.0843 e. The molecule has 1 aliphatic heterocycles. The lowest BCUT2D eigenvalue weighted by molar-refractivity contribution is 0.132. The summed E-state index contributed by atoms with van der Waals surface area (Å²) in [5, 5.41) is 6.14. The molecule has 1 unspecified atom stereocenters. The Balaban J connectivity index is 1.86. The Bertz CT molecular complexity index is 587. The van der Waals surface area contributed by atoms with Crippen LogP contribution in [0.1, 0.15) is 38.3 Å². The predicted octanol–water partition coefficient (Wildman–Crippen LogP) is 2.76. The number of hydrogen-bond donors (Lipinski definition) is 1. The standard InChI is InChI=1S/C17H26N4/c1-2-21-17-9-4-3-8-15(17)16(19-21)13-20-12-6-5-7-14(20)10-11-18/h3-4,8-9,14H,2,5-7,10-13,18H2,1H3. The zero-order valence-electron chi connectivity index (χ0n) is 13.0. The van der Waals surface area contributed by atoms with Crippen LogP contribution in [-0.2, 0) is 13.1 Å². The van der Waals surface area contributed by atoms with Crippen LogP contribution in [0, 0.1) is 0 Å². The second kappa shape index (κ2) is 6.58.